The molecule has 6 nitrogen and oxygen atoms in total. The van der Waals surface area contributed by atoms with Gasteiger partial charge in [-0.2, -0.15) is 15.6 Å². The summed E-state index contributed by atoms with van der Waals surface area (Å²) >= 11 is 6.28. The summed E-state index contributed by atoms with van der Waals surface area (Å²) in [5, 5.41) is 22.1. The van der Waals surface area contributed by atoms with Crippen molar-refractivity contribution in [3.8, 4) is 12.1 Å². The van der Waals surface area contributed by atoms with Gasteiger partial charge in [0.05, 0.1) is 17.8 Å². The molecule has 0 radical (unpaired) electrons. The Balaban J connectivity index is 2.94. The van der Waals surface area contributed by atoms with Gasteiger partial charge in [-0.05, 0) is 18.9 Å². The van der Waals surface area contributed by atoms with Crippen molar-refractivity contribution in [3.63, 3.8) is 0 Å². The van der Waals surface area contributed by atoms with Gasteiger partial charge in [-0.3, -0.25) is 9.48 Å². The Labute approximate surface area is 135 Å². The standard InChI is InChI=1S/C15H18ClN5O/c1-11(2)10-21-15(16)13(12(3)19-21)4-5-14(22)20(8-6-17)9-7-18/h4-5,11H,8-10H2,1-3H3. The lowest BCUT2D eigenvalue weighted by atomic mass is 10.2. The second-order valence-electron chi connectivity index (χ2n) is 5.21. The van der Waals surface area contributed by atoms with E-state index < -0.39 is 5.91 Å². The van der Waals surface area contributed by atoms with Gasteiger partial charge in [-0.15, -0.1) is 0 Å². The number of aryl methyl sites for hydroxylation is 1. The van der Waals surface area contributed by atoms with Crippen LogP contribution in [-0.4, -0.2) is 33.7 Å². The molecule has 0 aliphatic carbocycles. The fraction of sp³-hybridized carbons (Fsp3) is 0.467. The minimum atomic E-state index is -0.407. The van der Waals surface area contributed by atoms with E-state index in [0.29, 0.717) is 23.2 Å². The lowest BCUT2D eigenvalue weighted by Gasteiger charge is -2.12. The molecule has 1 aromatic rings. The van der Waals surface area contributed by atoms with Gasteiger partial charge in [0, 0.05) is 18.2 Å². The van der Waals surface area contributed by atoms with Crippen LogP contribution in [0, 0.1) is 35.5 Å². The van der Waals surface area contributed by atoms with Crippen molar-refractivity contribution in [2.24, 2.45) is 5.92 Å². The molecule has 1 heterocycles. The molecule has 0 aliphatic heterocycles. The summed E-state index contributed by atoms with van der Waals surface area (Å²) < 4.78 is 1.70. The number of rotatable bonds is 6. The Kier molecular flexibility index (Phi) is 6.62. The van der Waals surface area contributed by atoms with E-state index in [4.69, 9.17) is 22.1 Å². The topological polar surface area (TPSA) is 85.7 Å². The molecule has 0 aliphatic rings. The van der Waals surface area contributed by atoms with Gasteiger partial charge < -0.3 is 4.90 Å². The molecule has 0 unspecified atom stereocenters. The number of carbonyl (C=O) groups is 1. The molecule has 0 bridgehead atoms. The van der Waals surface area contributed by atoms with Crippen LogP contribution in [0.25, 0.3) is 6.08 Å². The first-order chi connectivity index (χ1) is 10.4. The van der Waals surface area contributed by atoms with Crippen LogP contribution in [0.4, 0.5) is 0 Å². The second kappa shape index (κ2) is 8.21. The third-order valence-corrected chi connectivity index (χ3v) is 3.27. The van der Waals surface area contributed by atoms with Gasteiger partial charge in [0.2, 0.25) is 5.91 Å². The van der Waals surface area contributed by atoms with Crippen molar-refractivity contribution in [1.82, 2.24) is 14.7 Å². The monoisotopic (exact) mass is 319 g/mol. The molecule has 116 valence electrons. The molecule has 1 aromatic heterocycles. The number of aromatic nitrogens is 2. The Morgan fingerprint density at radius 1 is 1.41 bits per heavy atom. The molecule has 0 saturated carbocycles. The lowest BCUT2D eigenvalue weighted by molar-refractivity contribution is -0.124. The zero-order valence-electron chi connectivity index (χ0n) is 12.9. The van der Waals surface area contributed by atoms with Gasteiger partial charge in [0.15, 0.2) is 0 Å². The van der Waals surface area contributed by atoms with Crippen LogP contribution in [0.2, 0.25) is 5.15 Å². The molecule has 0 saturated heterocycles. The third kappa shape index (κ3) is 4.61. The highest BCUT2D eigenvalue weighted by Crippen LogP contribution is 2.22. The SMILES string of the molecule is Cc1nn(CC(C)C)c(Cl)c1C=CC(=O)N(CC#N)CC#N. The summed E-state index contributed by atoms with van der Waals surface area (Å²) in [5.74, 6) is -0.00723. The Bertz CT molecular complexity index is 632. The van der Waals surface area contributed by atoms with E-state index in [0.717, 1.165) is 10.6 Å². The minimum Gasteiger partial charge on any atom is -0.313 e. The smallest absolute Gasteiger partial charge is 0.248 e. The van der Waals surface area contributed by atoms with Crippen LogP contribution in [0.1, 0.15) is 25.1 Å². The van der Waals surface area contributed by atoms with Crippen LogP contribution in [0.5, 0.6) is 0 Å². The zero-order chi connectivity index (χ0) is 16.7. The van der Waals surface area contributed by atoms with Crippen molar-refractivity contribution >= 4 is 23.6 Å². The molecule has 1 amide bonds. The number of carbonyl (C=O) groups excluding carboxylic acids is 1. The summed E-state index contributed by atoms with van der Waals surface area (Å²) in [5.41, 5.74) is 1.39. The van der Waals surface area contributed by atoms with Crippen LogP contribution < -0.4 is 0 Å². The van der Waals surface area contributed by atoms with E-state index in [1.54, 1.807) is 10.8 Å². The van der Waals surface area contributed by atoms with Crippen molar-refractivity contribution in [2.45, 2.75) is 27.3 Å². The summed E-state index contributed by atoms with van der Waals surface area (Å²) in [7, 11) is 0. The Morgan fingerprint density at radius 3 is 2.50 bits per heavy atom. The largest absolute Gasteiger partial charge is 0.313 e. The quantitative estimate of drug-likeness (QED) is 0.595. The number of halogens is 1. The van der Waals surface area contributed by atoms with Gasteiger partial charge in [-0.25, -0.2) is 0 Å². The second-order valence-corrected chi connectivity index (χ2v) is 5.57. The first-order valence-electron chi connectivity index (χ1n) is 6.84. The number of amides is 1. The average molecular weight is 320 g/mol. The molecular formula is C15H18ClN5O. The molecule has 0 aromatic carbocycles. The summed E-state index contributed by atoms with van der Waals surface area (Å²) in [6.45, 7) is 6.37. The van der Waals surface area contributed by atoms with Gasteiger partial charge in [-0.1, -0.05) is 25.4 Å². The number of hydrogen-bond acceptors (Lipinski definition) is 4. The highest BCUT2D eigenvalue weighted by molar-refractivity contribution is 6.31. The summed E-state index contributed by atoms with van der Waals surface area (Å²) in [6.07, 6.45) is 2.88. The zero-order valence-corrected chi connectivity index (χ0v) is 13.6. The molecule has 0 N–H and O–H groups in total. The van der Waals surface area contributed by atoms with Gasteiger partial charge >= 0.3 is 0 Å². The molecule has 22 heavy (non-hydrogen) atoms. The first kappa shape index (κ1) is 17.7. The van der Waals surface area contributed by atoms with E-state index in [2.05, 4.69) is 18.9 Å². The lowest BCUT2D eigenvalue weighted by Crippen LogP contribution is -2.30. The molecular weight excluding hydrogens is 302 g/mol. The van der Waals surface area contributed by atoms with Crippen molar-refractivity contribution < 1.29 is 4.79 Å². The Hall–Kier alpha value is -2.31. The predicted octanol–water partition coefficient (Wildman–Crippen LogP) is 2.39. The van der Waals surface area contributed by atoms with Crippen molar-refractivity contribution in [2.75, 3.05) is 13.1 Å². The summed E-state index contributed by atoms with van der Waals surface area (Å²) in [4.78, 5) is 13.1. The molecule has 7 heteroatoms. The molecule has 1 rings (SSSR count). The fourth-order valence-corrected chi connectivity index (χ4v) is 2.17. The maximum atomic E-state index is 12.0. The predicted molar refractivity (Wildman–Crippen MR) is 83.7 cm³/mol. The molecule has 0 fully saturated rings. The maximum Gasteiger partial charge on any atom is 0.248 e. The Morgan fingerprint density at radius 2 is 2.00 bits per heavy atom. The highest BCUT2D eigenvalue weighted by Gasteiger charge is 2.14. The number of nitrogens with zero attached hydrogens (tertiary/aromatic N) is 5. The molecule has 0 atom stereocenters. The van der Waals surface area contributed by atoms with E-state index in [1.807, 2.05) is 19.1 Å². The first-order valence-corrected chi connectivity index (χ1v) is 7.22. The summed E-state index contributed by atoms with van der Waals surface area (Å²) in [6, 6.07) is 3.72. The van der Waals surface area contributed by atoms with E-state index in [-0.39, 0.29) is 13.1 Å². The number of hydrogen-bond donors (Lipinski definition) is 0. The van der Waals surface area contributed by atoms with E-state index in [9.17, 15) is 4.79 Å². The van der Waals surface area contributed by atoms with Crippen LogP contribution in [0.15, 0.2) is 6.08 Å². The minimum absolute atomic E-state index is 0.129. The average Bonchev–Trinajstić information content (AvgIpc) is 2.70. The van der Waals surface area contributed by atoms with Crippen LogP contribution in [-0.2, 0) is 11.3 Å². The van der Waals surface area contributed by atoms with E-state index in [1.165, 1.54) is 6.08 Å². The van der Waals surface area contributed by atoms with Gasteiger partial charge in [0.25, 0.3) is 0 Å². The van der Waals surface area contributed by atoms with E-state index >= 15 is 0 Å². The van der Waals surface area contributed by atoms with Crippen molar-refractivity contribution in [1.29, 1.82) is 10.5 Å². The third-order valence-electron chi connectivity index (χ3n) is 2.87. The maximum absolute atomic E-state index is 12.0. The van der Waals surface area contributed by atoms with Crippen molar-refractivity contribution in [3.05, 3.63) is 22.5 Å². The van der Waals surface area contributed by atoms with Gasteiger partial charge in [0.1, 0.15) is 18.2 Å². The van der Waals surface area contributed by atoms with Crippen LogP contribution in [0.3, 0.4) is 0 Å². The van der Waals surface area contributed by atoms with Crippen LogP contribution >= 0.6 is 11.6 Å². The normalized spacial score (nSPS) is 10.7. The molecule has 0 spiro atoms. The number of nitriles is 2. The highest BCUT2D eigenvalue weighted by atomic mass is 35.5. The fourth-order valence-electron chi connectivity index (χ4n) is 1.87.